The lowest BCUT2D eigenvalue weighted by Gasteiger charge is -2.26. The molecule has 0 saturated carbocycles. The predicted octanol–water partition coefficient (Wildman–Crippen LogP) is -0.0915. The van der Waals surface area contributed by atoms with E-state index in [1.807, 2.05) is 24.0 Å². The summed E-state index contributed by atoms with van der Waals surface area (Å²) in [4.78, 5) is 4.21. The summed E-state index contributed by atoms with van der Waals surface area (Å²) in [6, 6.07) is 0.529. The molecule has 1 aromatic rings. The number of nitrogens with one attached hydrogen (secondary N) is 1. The van der Waals surface area contributed by atoms with Crippen molar-refractivity contribution in [1.82, 2.24) is 14.9 Å². The van der Waals surface area contributed by atoms with Crippen LogP contribution in [-0.4, -0.2) is 28.8 Å². The van der Waals surface area contributed by atoms with Crippen LogP contribution in [0.25, 0.3) is 0 Å². The molecular weight excluding hydrogens is 154 g/mol. The van der Waals surface area contributed by atoms with E-state index in [-0.39, 0.29) is 0 Å². The van der Waals surface area contributed by atoms with Crippen molar-refractivity contribution in [2.24, 2.45) is 7.05 Å². The van der Waals surface area contributed by atoms with Gasteiger partial charge in [0, 0.05) is 19.4 Å². The van der Waals surface area contributed by atoms with Crippen molar-refractivity contribution in [2.75, 3.05) is 13.2 Å². The minimum Gasteiger partial charge on any atom is -0.378 e. The van der Waals surface area contributed by atoms with Crippen LogP contribution in [0, 0.1) is 0 Å². The highest BCUT2D eigenvalue weighted by Gasteiger charge is 2.17. The summed E-state index contributed by atoms with van der Waals surface area (Å²) in [5.74, 6) is 1.07. The first kappa shape index (κ1) is 7.76. The summed E-state index contributed by atoms with van der Waals surface area (Å²) >= 11 is 0. The maximum atomic E-state index is 5.05. The quantitative estimate of drug-likeness (QED) is 0.683. The highest BCUT2D eigenvalue weighted by molar-refractivity contribution is 4.91. The van der Waals surface area contributed by atoms with Gasteiger partial charge in [0.25, 0.3) is 0 Å². The van der Waals surface area contributed by atoms with Crippen LogP contribution in [0.15, 0.2) is 12.4 Å². The summed E-state index contributed by atoms with van der Waals surface area (Å²) in [6.07, 6.45) is 3.77. The first-order chi connectivity index (χ1) is 5.86. The van der Waals surface area contributed by atoms with Crippen LogP contribution in [-0.2, 0) is 18.3 Å². The van der Waals surface area contributed by atoms with E-state index in [4.69, 9.17) is 4.74 Å². The maximum absolute atomic E-state index is 5.05. The van der Waals surface area contributed by atoms with Gasteiger partial charge in [-0.1, -0.05) is 0 Å². The number of rotatable bonds is 3. The van der Waals surface area contributed by atoms with Gasteiger partial charge in [0.2, 0.25) is 0 Å². The van der Waals surface area contributed by atoms with Crippen LogP contribution in [0.2, 0.25) is 0 Å². The van der Waals surface area contributed by atoms with Crippen LogP contribution in [0.5, 0.6) is 0 Å². The van der Waals surface area contributed by atoms with Crippen LogP contribution < -0.4 is 5.32 Å². The van der Waals surface area contributed by atoms with Gasteiger partial charge in [-0.3, -0.25) is 0 Å². The molecule has 2 rings (SSSR count). The van der Waals surface area contributed by atoms with E-state index in [0.29, 0.717) is 6.04 Å². The molecule has 66 valence electrons. The Hall–Kier alpha value is -0.870. The molecule has 0 atom stereocenters. The third kappa shape index (κ3) is 1.49. The molecular formula is C8H13N3O. The first-order valence-corrected chi connectivity index (χ1v) is 4.13. The Morgan fingerprint density at radius 1 is 1.75 bits per heavy atom. The Morgan fingerprint density at radius 2 is 2.58 bits per heavy atom. The standard InChI is InChI=1S/C8H13N3O/c1-11-3-2-9-8(11)4-10-7-5-12-6-7/h2-3,7,10H,4-6H2,1H3. The van der Waals surface area contributed by atoms with Crippen LogP contribution in [0.1, 0.15) is 5.82 Å². The van der Waals surface area contributed by atoms with E-state index >= 15 is 0 Å². The second-order valence-electron chi connectivity index (χ2n) is 3.07. The molecule has 0 bridgehead atoms. The van der Waals surface area contributed by atoms with E-state index in [0.717, 1.165) is 25.6 Å². The normalized spacial score (nSPS) is 17.8. The van der Waals surface area contributed by atoms with Gasteiger partial charge in [-0.25, -0.2) is 4.98 Å². The van der Waals surface area contributed by atoms with Gasteiger partial charge in [0.05, 0.1) is 25.8 Å². The maximum Gasteiger partial charge on any atom is 0.122 e. The fraction of sp³-hybridized carbons (Fsp3) is 0.625. The first-order valence-electron chi connectivity index (χ1n) is 4.13. The van der Waals surface area contributed by atoms with E-state index < -0.39 is 0 Å². The number of ether oxygens (including phenoxy) is 1. The molecule has 2 heterocycles. The summed E-state index contributed by atoms with van der Waals surface area (Å²) < 4.78 is 7.07. The van der Waals surface area contributed by atoms with Crippen LogP contribution in [0.4, 0.5) is 0 Å². The smallest absolute Gasteiger partial charge is 0.122 e. The van der Waals surface area contributed by atoms with E-state index in [9.17, 15) is 0 Å². The Morgan fingerprint density at radius 3 is 3.08 bits per heavy atom. The molecule has 0 amide bonds. The molecule has 1 aromatic heterocycles. The zero-order valence-electron chi connectivity index (χ0n) is 7.16. The average Bonchev–Trinajstić information content (AvgIpc) is 2.33. The molecule has 0 aliphatic carbocycles. The van der Waals surface area contributed by atoms with Gasteiger partial charge < -0.3 is 14.6 Å². The fourth-order valence-corrected chi connectivity index (χ4v) is 1.16. The molecule has 4 nitrogen and oxygen atoms in total. The second kappa shape index (κ2) is 3.25. The Labute approximate surface area is 71.6 Å². The molecule has 0 unspecified atom stereocenters. The van der Waals surface area contributed by atoms with Crippen molar-refractivity contribution in [3.8, 4) is 0 Å². The summed E-state index contributed by atoms with van der Waals surface area (Å²) in [7, 11) is 2.00. The number of hydrogen-bond donors (Lipinski definition) is 1. The van der Waals surface area contributed by atoms with Crippen molar-refractivity contribution < 1.29 is 4.74 Å². The summed E-state index contributed by atoms with van der Waals surface area (Å²) in [5, 5.41) is 3.35. The van der Waals surface area contributed by atoms with Crippen molar-refractivity contribution in [3.63, 3.8) is 0 Å². The summed E-state index contributed by atoms with van der Waals surface area (Å²) in [5.41, 5.74) is 0. The minimum absolute atomic E-state index is 0.529. The molecule has 0 aromatic carbocycles. The molecule has 1 aliphatic heterocycles. The van der Waals surface area contributed by atoms with Crippen LogP contribution in [0.3, 0.4) is 0 Å². The van der Waals surface area contributed by atoms with Crippen molar-refractivity contribution >= 4 is 0 Å². The minimum atomic E-state index is 0.529. The van der Waals surface area contributed by atoms with E-state index in [1.54, 1.807) is 0 Å². The zero-order valence-corrected chi connectivity index (χ0v) is 7.16. The van der Waals surface area contributed by atoms with Gasteiger partial charge in [0.15, 0.2) is 0 Å². The molecule has 1 N–H and O–H groups in total. The molecule has 1 fully saturated rings. The molecule has 1 aliphatic rings. The third-order valence-corrected chi connectivity index (χ3v) is 2.11. The highest BCUT2D eigenvalue weighted by Crippen LogP contribution is 2.01. The lowest BCUT2D eigenvalue weighted by molar-refractivity contribution is -0.00612. The average molecular weight is 167 g/mol. The monoisotopic (exact) mass is 167 g/mol. The zero-order chi connectivity index (χ0) is 8.39. The number of hydrogen-bond acceptors (Lipinski definition) is 3. The molecule has 4 heteroatoms. The SMILES string of the molecule is Cn1ccnc1CNC1COC1. The van der Waals surface area contributed by atoms with Crippen LogP contribution >= 0.6 is 0 Å². The van der Waals surface area contributed by atoms with Gasteiger partial charge in [-0.15, -0.1) is 0 Å². The van der Waals surface area contributed by atoms with Gasteiger partial charge in [-0.2, -0.15) is 0 Å². The number of nitrogens with zero attached hydrogens (tertiary/aromatic N) is 2. The molecule has 0 spiro atoms. The Bertz CT molecular complexity index is 255. The molecule has 1 saturated heterocycles. The van der Waals surface area contributed by atoms with Crippen molar-refractivity contribution in [1.29, 1.82) is 0 Å². The van der Waals surface area contributed by atoms with Gasteiger partial charge >= 0.3 is 0 Å². The Balaban J connectivity index is 1.82. The highest BCUT2D eigenvalue weighted by atomic mass is 16.5. The number of imidazole rings is 1. The lowest BCUT2D eigenvalue weighted by atomic mass is 10.2. The largest absolute Gasteiger partial charge is 0.378 e. The predicted molar refractivity (Wildman–Crippen MR) is 44.7 cm³/mol. The lowest BCUT2D eigenvalue weighted by Crippen LogP contribution is -2.45. The van der Waals surface area contributed by atoms with E-state index in [1.165, 1.54) is 0 Å². The molecule has 0 radical (unpaired) electrons. The van der Waals surface area contributed by atoms with E-state index in [2.05, 4.69) is 10.3 Å². The number of aromatic nitrogens is 2. The van der Waals surface area contributed by atoms with Crippen molar-refractivity contribution in [3.05, 3.63) is 18.2 Å². The van der Waals surface area contributed by atoms with Gasteiger partial charge in [0.1, 0.15) is 5.82 Å². The topological polar surface area (TPSA) is 39.1 Å². The Kier molecular flexibility index (Phi) is 2.10. The third-order valence-electron chi connectivity index (χ3n) is 2.11. The van der Waals surface area contributed by atoms with Crippen molar-refractivity contribution in [2.45, 2.75) is 12.6 Å². The summed E-state index contributed by atoms with van der Waals surface area (Å²) in [6.45, 7) is 2.51. The molecule has 12 heavy (non-hydrogen) atoms. The second-order valence-corrected chi connectivity index (χ2v) is 3.07. The number of aryl methyl sites for hydroxylation is 1. The van der Waals surface area contributed by atoms with Gasteiger partial charge in [-0.05, 0) is 0 Å². The fourth-order valence-electron chi connectivity index (χ4n) is 1.16.